The van der Waals surface area contributed by atoms with Gasteiger partial charge in [0.2, 0.25) is 0 Å². The number of aryl methyl sites for hydroxylation is 1. The second kappa shape index (κ2) is 5.27. The minimum Gasteiger partial charge on any atom is -0.309 e. The summed E-state index contributed by atoms with van der Waals surface area (Å²) < 4.78 is 2.13. The molecule has 2 aromatic heterocycles. The number of rotatable bonds is 4. The van der Waals surface area contributed by atoms with Gasteiger partial charge in [-0.15, -0.1) is 0 Å². The van der Waals surface area contributed by atoms with Crippen LogP contribution in [0.3, 0.4) is 0 Å². The molecule has 2 aromatic rings. The molecule has 6 nitrogen and oxygen atoms in total. The fourth-order valence-corrected chi connectivity index (χ4v) is 3.44. The van der Waals surface area contributed by atoms with Gasteiger partial charge in [-0.25, -0.2) is 0 Å². The summed E-state index contributed by atoms with van der Waals surface area (Å²) in [6.07, 6.45) is 3.60. The van der Waals surface area contributed by atoms with Crippen LogP contribution in [0.1, 0.15) is 34.8 Å². The van der Waals surface area contributed by atoms with E-state index in [9.17, 15) is 0 Å². The highest BCUT2D eigenvalue weighted by Crippen LogP contribution is 2.23. The topological polar surface area (TPSA) is 61.8 Å². The number of aromatic nitrogens is 4. The Morgan fingerprint density at radius 1 is 1.33 bits per heavy atom. The van der Waals surface area contributed by atoms with E-state index in [4.69, 9.17) is 5.10 Å². The van der Waals surface area contributed by atoms with Gasteiger partial charge in [0.15, 0.2) is 0 Å². The zero-order valence-corrected chi connectivity index (χ0v) is 12.5. The van der Waals surface area contributed by atoms with Gasteiger partial charge in [0.25, 0.3) is 0 Å². The molecule has 0 aromatic carbocycles. The van der Waals surface area contributed by atoms with Crippen LogP contribution in [0.25, 0.3) is 0 Å². The van der Waals surface area contributed by atoms with Crippen molar-refractivity contribution in [1.29, 1.82) is 0 Å². The van der Waals surface area contributed by atoms with Gasteiger partial charge in [0, 0.05) is 31.9 Å². The van der Waals surface area contributed by atoms with Crippen LogP contribution >= 0.6 is 0 Å². The summed E-state index contributed by atoms with van der Waals surface area (Å²) in [5, 5.41) is 15.8. The number of fused-ring (bicyclic) bond motifs is 2. The first-order valence-corrected chi connectivity index (χ1v) is 7.79. The number of nitrogens with one attached hydrogen (secondary N) is 2. The van der Waals surface area contributed by atoms with Crippen molar-refractivity contribution in [1.82, 2.24) is 30.2 Å². The maximum absolute atomic E-state index is 4.70. The molecule has 2 N–H and O–H groups in total. The minimum absolute atomic E-state index is 0.877. The third-order valence-electron chi connectivity index (χ3n) is 4.46. The molecule has 0 saturated carbocycles. The van der Waals surface area contributed by atoms with Crippen molar-refractivity contribution >= 4 is 0 Å². The van der Waals surface area contributed by atoms with Gasteiger partial charge in [0.1, 0.15) is 0 Å². The van der Waals surface area contributed by atoms with E-state index in [0.717, 1.165) is 44.8 Å². The van der Waals surface area contributed by atoms with Gasteiger partial charge in [-0.2, -0.15) is 10.2 Å². The van der Waals surface area contributed by atoms with E-state index >= 15 is 0 Å². The molecule has 4 rings (SSSR count). The summed E-state index contributed by atoms with van der Waals surface area (Å²) in [5.74, 6) is 0. The van der Waals surface area contributed by atoms with E-state index in [1.165, 1.54) is 35.5 Å². The average molecular weight is 286 g/mol. The number of nitrogens with zero attached hydrogens (tertiary/aromatic N) is 4. The Morgan fingerprint density at radius 3 is 3.19 bits per heavy atom. The monoisotopic (exact) mass is 286 g/mol. The Balaban J connectivity index is 1.43. The van der Waals surface area contributed by atoms with Crippen LogP contribution in [0, 0.1) is 0 Å². The minimum atomic E-state index is 0.877. The molecule has 0 unspecified atom stereocenters. The van der Waals surface area contributed by atoms with Crippen molar-refractivity contribution < 1.29 is 0 Å². The summed E-state index contributed by atoms with van der Waals surface area (Å²) >= 11 is 0. The molecule has 3 heterocycles. The first-order valence-electron chi connectivity index (χ1n) is 7.79. The second-order valence-corrected chi connectivity index (χ2v) is 6.18. The van der Waals surface area contributed by atoms with Gasteiger partial charge in [-0.05, 0) is 37.9 Å². The van der Waals surface area contributed by atoms with Crippen molar-refractivity contribution in [3.8, 4) is 0 Å². The summed E-state index contributed by atoms with van der Waals surface area (Å²) in [6, 6.07) is 2.22. The van der Waals surface area contributed by atoms with Crippen LogP contribution in [-0.4, -0.2) is 38.5 Å². The third kappa shape index (κ3) is 2.49. The van der Waals surface area contributed by atoms with Crippen LogP contribution < -0.4 is 5.32 Å². The van der Waals surface area contributed by atoms with Gasteiger partial charge in [-0.1, -0.05) is 0 Å². The largest absolute Gasteiger partial charge is 0.309 e. The predicted octanol–water partition coefficient (Wildman–Crippen LogP) is 0.830. The number of aromatic amines is 1. The van der Waals surface area contributed by atoms with Gasteiger partial charge in [-0.3, -0.25) is 14.7 Å². The lowest BCUT2D eigenvalue weighted by Gasteiger charge is -2.14. The van der Waals surface area contributed by atoms with E-state index in [0.29, 0.717) is 0 Å². The predicted molar refractivity (Wildman–Crippen MR) is 79.7 cm³/mol. The van der Waals surface area contributed by atoms with E-state index in [1.807, 2.05) is 0 Å². The Morgan fingerprint density at radius 2 is 2.29 bits per heavy atom. The van der Waals surface area contributed by atoms with Crippen molar-refractivity contribution in [3.63, 3.8) is 0 Å². The molecule has 112 valence electrons. The number of H-pyrrole nitrogens is 1. The Bertz CT molecular complexity index is 617. The summed E-state index contributed by atoms with van der Waals surface area (Å²) in [7, 11) is 2.15. The highest BCUT2D eigenvalue weighted by Gasteiger charge is 2.19. The number of hydrogen-bond donors (Lipinski definition) is 2. The molecule has 1 aliphatic heterocycles. The first-order chi connectivity index (χ1) is 10.3. The zero-order valence-electron chi connectivity index (χ0n) is 12.5. The van der Waals surface area contributed by atoms with Crippen LogP contribution in [0.2, 0.25) is 0 Å². The van der Waals surface area contributed by atoms with E-state index in [1.54, 1.807) is 0 Å². The lowest BCUT2D eigenvalue weighted by Crippen LogP contribution is -2.28. The van der Waals surface area contributed by atoms with Gasteiger partial charge >= 0.3 is 0 Å². The average Bonchev–Trinajstić information content (AvgIpc) is 3.14. The fraction of sp³-hybridized carbons (Fsp3) is 0.600. The maximum atomic E-state index is 4.70. The van der Waals surface area contributed by atoms with E-state index in [-0.39, 0.29) is 0 Å². The third-order valence-corrected chi connectivity index (χ3v) is 4.46. The molecule has 0 radical (unpaired) electrons. The van der Waals surface area contributed by atoms with Gasteiger partial charge < -0.3 is 5.32 Å². The molecular weight excluding hydrogens is 264 g/mol. The summed E-state index contributed by atoms with van der Waals surface area (Å²) in [5.41, 5.74) is 6.47. The summed E-state index contributed by atoms with van der Waals surface area (Å²) in [4.78, 5) is 2.30. The zero-order chi connectivity index (χ0) is 14.2. The lowest BCUT2D eigenvalue weighted by molar-refractivity contribution is 0.308. The van der Waals surface area contributed by atoms with Crippen molar-refractivity contribution in [2.45, 2.75) is 45.4 Å². The maximum Gasteiger partial charge on any atom is 0.0797 e. The molecular formula is C15H22N6. The van der Waals surface area contributed by atoms with Crippen LogP contribution in [0.5, 0.6) is 0 Å². The fourth-order valence-electron chi connectivity index (χ4n) is 3.44. The first kappa shape index (κ1) is 13.0. The molecule has 2 aliphatic rings. The van der Waals surface area contributed by atoms with E-state index in [2.05, 4.69) is 38.2 Å². The second-order valence-electron chi connectivity index (χ2n) is 6.18. The molecule has 6 heteroatoms. The Hall–Kier alpha value is -1.66. The van der Waals surface area contributed by atoms with Crippen molar-refractivity contribution in [2.24, 2.45) is 0 Å². The van der Waals surface area contributed by atoms with Crippen LogP contribution in [-0.2, 0) is 39.0 Å². The molecule has 0 atom stereocenters. The molecule has 0 saturated heterocycles. The van der Waals surface area contributed by atoms with E-state index < -0.39 is 0 Å². The normalized spacial score (nSPS) is 17.2. The van der Waals surface area contributed by atoms with Crippen molar-refractivity contribution in [2.75, 3.05) is 13.6 Å². The SMILES string of the molecule is CN(Cc1cc2n(n1)CCNC2)Cc1n[nH]c2c1CCC2. The molecule has 21 heavy (non-hydrogen) atoms. The summed E-state index contributed by atoms with van der Waals surface area (Å²) in [6.45, 7) is 4.70. The van der Waals surface area contributed by atoms with Crippen LogP contribution in [0.4, 0.5) is 0 Å². The molecule has 0 fully saturated rings. The van der Waals surface area contributed by atoms with Crippen LogP contribution in [0.15, 0.2) is 6.07 Å². The smallest absolute Gasteiger partial charge is 0.0797 e. The quantitative estimate of drug-likeness (QED) is 0.874. The van der Waals surface area contributed by atoms with Crippen molar-refractivity contribution in [3.05, 3.63) is 34.4 Å². The Kier molecular flexibility index (Phi) is 3.27. The molecule has 0 bridgehead atoms. The molecule has 0 spiro atoms. The lowest BCUT2D eigenvalue weighted by atomic mass is 10.2. The van der Waals surface area contributed by atoms with Gasteiger partial charge in [0.05, 0.1) is 23.6 Å². The Labute approximate surface area is 124 Å². The standard InChI is InChI=1S/C15H22N6/c1-20(10-15-13-3-2-4-14(13)17-18-15)9-11-7-12-8-16-5-6-21(12)19-11/h7,16H,2-6,8-10H2,1H3,(H,17,18). The molecule has 0 amide bonds. The highest BCUT2D eigenvalue weighted by atomic mass is 15.3. The highest BCUT2D eigenvalue weighted by molar-refractivity contribution is 5.29. The number of hydrogen-bond acceptors (Lipinski definition) is 4. The molecule has 1 aliphatic carbocycles.